The molecule has 8 heteroatoms. The molecule has 0 unspecified atom stereocenters. The first-order valence-corrected chi connectivity index (χ1v) is 8.89. The summed E-state index contributed by atoms with van der Waals surface area (Å²) in [5, 5.41) is 5.43. The molecular weight excluding hydrogens is 350 g/mol. The van der Waals surface area contributed by atoms with Gasteiger partial charge in [-0.25, -0.2) is 14.3 Å². The van der Waals surface area contributed by atoms with E-state index in [1.54, 1.807) is 35.6 Å². The van der Waals surface area contributed by atoms with Crippen molar-refractivity contribution in [1.29, 1.82) is 0 Å². The maximum atomic E-state index is 12.7. The third kappa shape index (κ3) is 2.91. The van der Waals surface area contributed by atoms with Crippen LogP contribution in [0.3, 0.4) is 0 Å². The molecule has 0 fully saturated rings. The summed E-state index contributed by atoms with van der Waals surface area (Å²) in [6.45, 7) is 2.00. The first kappa shape index (κ1) is 16.2. The number of para-hydroxylation sites is 1. The van der Waals surface area contributed by atoms with Crippen LogP contribution in [-0.4, -0.2) is 19.5 Å². The second kappa shape index (κ2) is 6.57. The highest BCUT2D eigenvalue weighted by molar-refractivity contribution is 7.10. The first-order chi connectivity index (χ1) is 12.6. The van der Waals surface area contributed by atoms with Crippen molar-refractivity contribution in [3.8, 4) is 5.69 Å². The number of rotatable bonds is 4. The zero-order valence-corrected chi connectivity index (χ0v) is 14.7. The molecule has 3 aromatic heterocycles. The monoisotopic (exact) mass is 365 g/mol. The molecule has 1 aromatic carbocycles. The van der Waals surface area contributed by atoms with Crippen LogP contribution in [0.1, 0.15) is 17.8 Å². The Morgan fingerprint density at radius 2 is 1.96 bits per heavy atom. The van der Waals surface area contributed by atoms with Crippen LogP contribution >= 0.6 is 11.3 Å². The fraction of sp³-hybridized carbons (Fsp3) is 0.111. The topological polar surface area (TPSA) is 92.7 Å². The van der Waals surface area contributed by atoms with Crippen molar-refractivity contribution in [1.82, 2.24) is 19.5 Å². The van der Waals surface area contributed by atoms with Crippen LogP contribution < -0.4 is 16.6 Å². The molecule has 0 aliphatic heterocycles. The number of thiophene rings is 1. The second-order valence-corrected chi connectivity index (χ2v) is 6.72. The molecular formula is C18H15N5O2S. The summed E-state index contributed by atoms with van der Waals surface area (Å²) < 4.78 is 1.08. The van der Waals surface area contributed by atoms with E-state index in [2.05, 4.69) is 20.3 Å². The van der Waals surface area contributed by atoms with E-state index in [-0.39, 0.29) is 17.1 Å². The number of nitrogens with zero attached hydrogens (tertiary/aromatic N) is 3. The summed E-state index contributed by atoms with van der Waals surface area (Å²) in [6, 6.07) is 12.8. The molecule has 130 valence electrons. The lowest BCUT2D eigenvalue weighted by molar-refractivity contribution is 0.870. The van der Waals surface area contributed by atoms with Crippen LogP contribution in [0.5, 0.6) is 0 Å². The Morgan fingerprint density at radius 1 is 1.15 bits per heavy atom. The first-order valence-electron chi connectivity index (χ1n) is 8.01. The molecule has 0 spiro atoms. The fourth-order valence-electron chi connectivity index (χ4n) is 2.69. The van der Waals surface area contributed by atoms with Gasteiger partial charge in [-0.05, 0) is 30.5 Å². The fourth-order valence-corrected chi connectivity index (χ4v) is 3.42. The lowest BCUT2D eigenvalue weighted by atomic mass is 10.3. The summed E-state index contributed by atoms with van der Waals surface area (Å²) in [6.07, 6.45) is 1.43. The van der Waals surface area contributed by atoms with Gasteiger partial charge >= 0.3 is 5.69 Å². The minimum atomic E-state index is -0.537. The molecule has 0 saturated heterocycles. The zero-order chi connectivity index (χ0) is 18.1. The van der Waals surface area contributed by atoms with E-state index in [9.17, 15) is 9.59 Å². The SMILES string of the molecule is C[C@@H](Nc1ncc2c(=O)n(-c3ccccc3)c(=O)[nH]c2n1)c1cccs1. The highest BCUT2D eigenvalue weighted by Crippen LogP contribution is 2.21. The summed E-state index contributed by atoms with van der Waals surface area (Å²) in [5.41, 5.74) is -0.283. The van der Waals surface area contributed by atoms with Gasteiger partial charge in [0, 0.05) is 11.1 Å². The van der Waals surface area contributed by atoms with E-state index >= 15 is 0 Å². The highest BCUT2D eigenvalue weighted by atomic mass is 32.1. The summed E-state index contributed by atoms with van der Waals surface area (Å²) in [5.74, 6) is 0.353. The van der Waals surface area contributed by atoms with Gasteiger partial charge in [0.1, 0.15) is 5.39 Å². The molecule has 1 atom stereocenters. The van der Waals surface area contributed by atoms with Crippen molar-refractivity contribution in [3.05, 3.63) is 79.8 Å². The number of fused-ring (bicyclic) bond motifs is 1. The Kier molecular flexibility index (Phi) is 4.10. The number of nitrogens with one attached hydrogen (secondary N) is 2. The van der Waals surface area contributed by atoms with Crippen LogP contribution in [0.4, 0.5) is 5.95 Å². The molecule has 0 radical (unpaired) electrons. The minimum Gasteiger partial charge on any atom is -0.347 e. The average molecular weight is 365 g/mol. The van der Waals surface area contributed by atoms with E-state index in [0.717, 1.165) is 9.44 Å². The van der Waals surface area contributed by atoms with Gasteiger partial charge in [0.05, 0.1) is 11.7 Å². The van der Waals surface area contributed by atoms with E-state index in [0.29, 0.717) is 11.6 Å². The molecule has 3 heterocycles. The Balaban J connectivity index is 1.76. The highest BCUT2D eigenvalue weighted by Gasteiger charge is 2.13. The Hall–Kier alpha value is -3.26. The van der Waals surface area contributed by atoms with E-state index < -0.39 is 11.2 Å². The van der Waals surface area contributed by atoms with Gasteiger partial charge in [0.2, 0.25) is 5.95 Å². The lowest BCUT2D eigenvalue weighted by Crippen LogP contribution is -2.34. The van der Waals surface area contributed by atoms with Crippen LogP contribution in [0.25, 0.3) is 16.7 Å². The van der Waals surface area contributed by atoms with Crippen molar-refractivity contribution >= 4 is 28.3 Å². The molecule has 26 heavy (non-hydrogen) atoms. The molecule has 4 aromatic rings. The minimum absolute atomic E-state index is 0.0175. The quantitative estimate of drug-likeness (QED) is 0.580. The van der Waals surface area contributed by atoms with Crippen molar-refractivity contribution in [3.63, 3.8) is 0 Å². The van der Waals surface area contributed by atoms with Gasteiger partial charge in [-0.1, -0.05) is 24.3 Å². The van der Waals surface area contributed by atoms with Gasteiger partial charge in [-0.3, -0.25) is 9.78 Å². The second-order valence-electron chi connectivity index (χ2n) is 5.74. The number of hydrogen-bond acceptors (Lipinski definition) is 6. The van der Waals surface area contributed by atoms with Gasteiger partial charge in [0.15, 0.2) is 5.65 Å². The predicted molar refractivity (Wildman–Crippen MR) is 102 cm³/mol. The maximum absolute atomic E-state index is 12.7. The lowest BCUT2D eigenvalue weighted by Gasteiger charge is -2.12. The van der Waals surface area contributed by atoms with Crippen LogP contribution in [0, 0.1) is 0 Å². The summed E-state index contributed by atoms with van der Waals surface area (Å²) >= 11 is 1.63. The third-order valence-corrected chi connectivity index (χ3v) is 5.04. The largest absolute Gasteiger partial charge is 0.347 e. The standard InChI is InChI=1S/C18H15N5O2S/c1-11(14-8-5-9-26-14)20-17-19-10-13-15(21-17)22-18(25)23(16(13)24)12-6-3-2-4-7-12/h2-11H,1H3,(H2,19,20,21,22,25)/t11-/m1/s1. The van der Waals surface area contributed by atoms with E-state index in [4.69, 9.17) is 0 Å². The average Bonchev–Trinajstić information content (AvgIpc) is 3.17. The van der Waals surface area contributed by atoms with E-state index in [1.807, 2.05) is 30.5 Å². The number of aromatic nitrogens is 4. The van der Waals surface area contributed by atoms with Gasteiger partial charge < -0.3 is 5.32 Å². The van der Waals surface area contributed by atoms with Crippen molar-refractivity contribution < 1.29 is 0 Å². The molecule has 0 bridgehead atoms. The van der Waals surface area contributed by atoms with Crippen molar-refractivity contribution in [2.24, 2.45) is 0 Å². The number of hydrogen-bond donors (Lipinski definition) is 2. The molecule has 0 aliphatic carbocycles. The molecule has 4 rings (SSSR count). The predicted octanol–water partition coefficient (Wildman–Crippen LogP) is 2.70. The molecule has 0 aliphatic rings. The third-order valence-electron chi connectivity index (χ3n) is 3.98. The molecule has 0 amide bonds. The smallest absolute Gasteiger partial charge is 0.334 e. The van der Waals surface area contributed by atoms with Crippen LogP contribution in [0.15, 0.2) is 63.6 Å². The van der Waals surface area contributed by atoms with Crippen molar-refractivity contribution in [2.75, 3.05) is 5.32 Å². The van der Waals surface area contributed by atoms with Gasteiger partial charge in [-0.15, -0.1) is 11.3 Å². The van der Waals surface area contributed by atoms with Gasteiger partial charge in [0.25, 0.3) is 5.56 Å². The molecule has 0 saturated carbocycles. The van der Waals surface area contributed by atoms with E-state index in [1.165, 1.54) is 6.20 Å². The number of anilines is 1. The Bertz CT molecular complexity index is 1170. The maximum Gasteiger partial charge on any atom is 0.334 e. The van der Waals surface area contributed by atoms with Crippen LogP contribution in [0.2, 0.25) is 0 Å². The Morgan fingerprint density at radius 3 is 2.69 bits per heavy atom. The number of benzene rings is 1. The Labute approximate surface area is 152 Å². The zero-order valence-electron chi connectivity index (χ0n) is 13.8. The van der Waals surface area contributed by atoms with Gasteiger partial charge in [-0.2, -0.15) is 4.98 Å². The summed E-state index contributed by atoms with van der Waals surface area (Å²) in [7, 11) is 0. The number of H-pyrrole nitrogens is 1. The summed E-state index contributed by atoms with van der Waals surface area (Å²) in [4.78, 5) is 37.4. The van der Waals surface area contributed by atoms with Crippen LogP contribution in [-0.2, 0) is 0 Å². The normalized spacial score (nSPS) is 12.2. The van der Waals surface area contributed by atoms with Crippen molar-refractivity contribution in [2.45, 2.75) is 13.0 Å². The molecule has 2 N–H and O–H groups in total. The molecule has 7 nitrogen and oxygen atoms in total. The number of aromatic amines is 1.